The molecule has 1 radical (unpaired) electrons. The van der Waals surface area contributed by atoms with E-state index in [-0.39, 0.29) is 11.3 Å². The molecule has 1 N–H and O–H groups in total. The number of imide groups is 1. The minimum atomic E-state index is -0.202. The van der Waals surface area contributed by atoms with Crippen molar-refractivity contribution in [2.45, 2.75) is 38.5 Å². The van der Waals surface area contributed by atoms with Gasteiger partial charge in [0.1, 0.15) is 0 Å². The summed E-state index contributed by atoms with van der Waals surface area (Å²) in [6, 6.07) is 0. The van der Waals surface area contributed by atoms with Crippen molar-refractivity contribution in [1.82, 2.24) is 5.32 Å². The molecule has 4 rings (SSSR count). The van der Waals surface area contributed by atoms with Gasteiger partial charge < -0.3 is 0 Å². The van der Waals surface area contributed by atoms with E-state index in [9.17, 15) is 9.59 Å². The average molecular weight is 206 g/mol. The number of hydrogen-bond donors (Lipinski definition) is 1. The van der Waals surface area contributed by atoms with Crippen molar-refractivity contribution in [2.24, 2.45) is 23.2 Å². The van der Waals surface area contributed by atoms with Crippen molar-refractivity contribution in [3.05, 3.63) is 0 Å². The number of carbonyl (C=O) groups is 1. The molecule has 0 heterocycles. The van der Waals surface area contributed by atoms with E-state index in [4.69, 9.17) is 0 Å². The molecule has 2 amide bonds. The van der Waals surface area contributed by atoms with Gasteiger partial charge in [-0.1, -0.05) is 0 Å². The Kier molecular flexibility index (Phi) is 1.91. The quantitative estimate of drug-likeness (QED) is 0.694. The van der Waals surface area contributed by atoms with Gasteiger partial charge in [0.15, 0.2) is 0 Å². The van der Waals surface area contributed by atoms with Crippen LogP contribution in [-0.2, 0) is 9.59 Å². The van der Waals surface area contributed by atoms with Gasteiger partial charge in [-0.25, -0.2) is 0 Å². The molecule has 4 fully saturated rings. The average Bonchev–Trinajstić information content (AvgIpc) is 2.15. The predicted molar refractivity (Wildman–Crippen MR) is 54.4 cm³/mol. The second kappa shape index (κ2) is 3.06. The summed E-state index contributed by atoms with van der Waals surface area (Å²) in [6.07, 6.45) is 8.51. The number of carbonyl (C=O) groups excluding carboxylic acids is 2. The van der Waals surface area contributed by atoms with Crippen LogP contribution in [0, 0.1) is 23.2 Å². The van der Waals surface area contributed by atoms with Crippen molar-refractivity contribution in [1.29, 1.82) is 0 Å². The van der Waals surface area contributed by atoms with Gasteiger partial charge in [-0.05, 0) is 56.3 Å². The number of nitrogens with one attached hydrogen (secondary N) is 1. The Morgan fingerprint density at radius 3 is 1.93 bits per heavy atom. The Morgan fingerprint density at radius 1 is 1.07 bits per heavy atom. The van der Waals surface area contributed by atoms with Gasteiger partial charge in [0.2, 0.25) is 5.91 Å². The van der Waals surface area contributed by atoms with Crippen molar-refractivity contribution in [3.63, 3.8) is 0 Å². The van der Waals surface area contributed by atoms with E-state index >= 15 is 0 Å². The van der Waals surface area contributed by atoms with Crippen LogP contribution in [0.25, 0.3) is 0 Å². The van der Waals surface area contributed by atoms with Crippen LogP contribution < -0.4 is 5.32 Å². The SMILES string of the molecule is O=[C]NC(=O)C12CC3CC(CC(C3)C1)C2. The van der Waals surface area contributed by atoms with Crippen LogP contribution in [0.3, 0.4) is 0 Å². The molecule has 0 aromatic carbocycles. The van der Waals surface area contributed by atoms with Crippen LogP contribution >= 0.6 is 0 Å². The largest absolute Gasteiger partial charge is 0.316 e. The first kappa shape index (κ1) is 9.37. The van der Waals surface area contributed by atoms with Crippen molar-refractivity contribution in [2.75, 3.05) is 0 Å². The van der Waals surface area contributed by atoms with Crippen molar-refractivity contribution in [3.8, 4) is 0 Å². The molecule has 0 unspecified atom stereocenters. The Morgan fingerprint density at radius 2 is 1.53 bits per heavy atom. The summed E-state index contributed by atoms with van der Waals surface area (Å²) in [4.78, 5) is 22.2. The number of hydrogen-bond acceptors (Lipinski definition) is 2. The third-order valence-corrected chi connectivity index (χ3v) is 4.68. The maximum Gasteiger partial charge on any atom is 0.316 e. The smallest absolute Gasteiger partial charge is 0.288 e. The minimum absolute atomic E-state index is 0.0587. The van der Waals surface area contributed by atoms with Crippen LogP contribution in [0.4, 0.5) is 0 Å². The molecule has 0 aromatic rings. The third-order valence-electron chi connectivity index (χ3n) is 4.68. The maximum absolute atomic E-state index is 11.9. The molecule has 0 spiro atoms. The van der Waals surface area contributed by atoms with Gasteiger partial charge in [0, 0.05) is 0 Å². The Bertz CT molecular complexity index is 275. The van der Waals surface area contributed by atoms with Crippen molar-refractivity contribution >= 4 is 12.3 Å². The van der Waals surface area contributed by atoms with E-state index in [1.807, 2.05) is 0 Å². The molecule has 4 aliphatic carbocycles. The van der Waals surface area contributed by atoms with E-state index in [0.29, 0.717) is 0 Å². The molecule has 0 atom stereocenters. The molecular formula is C12H16NO2. The Balaban J connectivity index is 1.86. The molecule has 3 nitrogen and oxygen atoms in total. The molecule has 81 valence electrons. The monoisotopic (exact) mass is 206 g/mol. The number of amides is 2. The Hall–Kier alpha value is -0.860. The first-order chi connectivity index (χ1) is 7.22. The van der Waals surface area contributed by atoms with Crippen LogP contribution in [-0.4, -0.2) is 12.3 Å². The van der Waals surface area contributed by atoms with Crippen molar-refractivity contribution < 1.29 is 9.59 Å². The molecule has 4 bridgehead atoms. The lowest BCUT2D eigenvalue weighted by molar-refractivity contribution is -0.144. The predicted octanol–water partition coefficient (Wildman–Crippen LogP) is 1.39. The highest BCUT2D eigenvalue weighted by molar-refractivity contribution is 5.91. The second-order valence-electron chi connectivity index (χ2n) is 5.75. The third kappa shape index (κ3) is 1.32. The summed E-state index contributed by atoms with van der Waals surface area (Å²) >= 11 is 0. The summed E-state index contributed by atoms with van der Waals surface area (Å²) in [6.45, 7) is 0. The molecule has 4 aliphatic rings. The summed E-state index contributed by atoms with van der Waals surface area (Å²) in [5, 5.41) is 2.26. The lowest BCUT2D eigenvalue weighted by Gasteiger charge is -2.55. The highest BCUT2D eigenvalue weighted by Crippen LogP contribution is 2.59. The minimum Gasteiger partial charge on any atom is -0.288 e. The molecule has 0 saturated heterocycles. The zero-order chi connectivity index (χ0) is 10.5. The molecule has 15 heavy (non-hydrogen) atoms. The summed E-state index contributed by atoms with van der Waals surface area (Å²) in [7, 11) is 0. The fourth-order valence-electron chi connectivity index (χ4n) is 4.57. The van der Waals surface area contributed by atoms with E-state index < -0.39 is 0 Å². The van der Waals surface area contributed by atoms with Crippen LogP contribution in [0.2, 0.25) is 0 Å². The summed E-state index contributed by atoms with van der Waals surface area (Å²) in [5.74, 6) is 2.17. The maximum atomic E-state index is 11.9. The molecule has 4 saturated carbocycles. The molecule has 0 aliphatic heterocycles. The van der Waals surface area contributed by atoms with Gasteiger partial charge in [-0.3, -0.25) is 14.9 Å². The summed E-state index contributed by atoms with van der Waals surface area (Å²) in [5.41, 5.74) is -0.202. The number of rotatable bonds is 2. The van der Waals surface area contributed by atoms with Gasteiger partial charge >= 0.3 is 6.41 Å². The highest BCUT2D eigenvalue weighted by atomic mass is 16.2. The first-order valence-corrected chi connectivity index (χ1v) is 5.89. The zero-order valence-electron chi connectivity index (χ0n) is 8.79. The topological polar surface area (TPSA) is 46.2 Å². The molecular weight excluding hydrogens is 190 g/mol. The normalized spacial score (nSPS) is 46.5. The van der Waals surface area contributed by atoms with Crippen LogP contribution in [0.1, 0.15) is 38.5 Å². The van der Waals surface area contributed by atoms with Gasteiger partial charge in [-0.15, -0.1) is 0 Å². The zero-order valence-corrected chi connectivity index (χ0v) is 8.79. The Labute approximate surface area is 89.6 Å². The summed E-state index contributed by atoms with van der Waals surface area (Å²) < 4.78 is 0. The molecule has 0 aromatic heterocycles. The fraction of sp³-hybridized carbons (Fsp3) is 0.833. The van der Waals surface area contributed by atoms with E-state index in [0.717, 1.165) is 37.0 Å². The van der Waals surface area contributed by atoms with Gasteiger partial charge in [-0.2, -0.15) is 0 Å². The molecule has 3 heteroatoms. The van der Waals surface area contributed by atoms with Gasteiger partial charge in [0.25, 0.3) is 0 Å². The van der Waals surface area contributed by atoms with E-state index in [1.165, 1.54) is 19.3 Å². The lowest BCUT2D eigenvalue weighted by Crippen LogP contribution is -2.53. The highest BCUT2D eigenvalue weighted by Gasteiger charge is 2.54. The van der Waals surface area contributed by atoms with E-state index in [2.05, 4.69) is 5.32 Å². The standard InChI is InChI=1S/C12H16NO2/c14-7-13-11(15)12-4-8-1-9(5-12)3-10(2-8)6-12/h8-10H,1-6H2,(H,13,14,15). The van der Waals surface area contributed by atoms with E-state index in [1.54, 1.807) is 6.41 Å². The van der Waals surface area contributed by atoms with Crippen LogP contribution in [0.15, 0.2) is 0 Å². The van der Waals surface area contributed by atoms with Gasteiger partial charge in [0.05, 0.1) is 5.41 Å². The second-order valence-corrected chi connectivity index (χ2v) is 5.75. The lowest BCUT2D eigenvalue weighted by atomic mass is 9.49. The first-order valence-electron chi connectivity index (χ1n) is 5.89. The van der Waals surface area contributed by atoms with Crippen LogP contribution in [0.5, 0.6) is 0 Å². The fourth-order valence-corrected chi connectivity index (χ4v) is 4.57.